The molecule has 0 unspecified atom stereocenters. The molecule has 8 heteroatoms. The summed E-state index contributed by atoms with van der Waals surface area (Å²) in [7, 11) is 0. The Morgan fingerprint density at radius 3 is 1.68 bits per heavy atom. The van der Waals surface area contributed by atoms with E-state index in [1.807, 2.05) is 0 Å². The zero-order chi connectivity index (χ0) is 17.2. The smallest absolute Gasteiger partial charge is 0.340 e. The first kappa shape index (κ1) is 16.9. The maximum atomic E-state index is 11.4. The van der Waals surface area contributed by atoms with Gasteiger partial charge in [0.25, 0.3) is 0 Å². The molecule has 0 fully saturated rings. The van der Waals surface area contributed by atoms with Gasteiger partial charge in [0.05, 0.1) is 11.1 Å². The number of carbonyl (C=O) groups excluding carboxylic acids is 1. The van der Waals surface area contributed by atoms with Gasteiger partial charge in [-0.2, -0.15) is 0 Å². The molecule has 0 aliphatic heterocycles. The van der Waals surface area contributed by atoms with Crippen LogP contribution in [0.4, 0.5) is 0 Å². The van der Waals surface area contributed by atoms with Crippen LogP contribution >= 0.6 is 0 Å². The Labute approximate surface area is 124 Å². The van der Waals surface area contributed by atoms with E-state index in [-0.39, 0.29) is 11.1 Å². The van der Waals surface area contributed by atoms with Gasteiger partial charge in [-0.25, -0.2) is 19.2 Å². The van der Waals surface area contributed by atoms with Crippen molar-refractivity contribution in [3.63, 3.8) is 0 Å². The zero-order valence-corrected chi connectivity index (χ0v) is 11.7. The summed E-state index contributed by atoms with van der Waals surface area (Å²) in [4.78, 5) is 45.3. The van der Waals surface area contributed by atoms with Gasteiger partial charge in [0, 0.05) is 6.08 Å². The molecule has 0 radical (unpaired) electrons. The van der Waals surface area contributed by atoms with E-state index < -0.39 is 46.3 Å². The van der Waals surface area contributed by atoms with Crippen molar-refractivity contribution in [3.8, 4) is 5.75 Å². The molecule has 0 aromatic heterocycles. The summed E-state index contributed by atoms with van der Waals surface area (Å²) in [6.45, 7) is 5.77. The number of carboxylic acid groups (broad SMARTS) is 3. The summed E-state index contributed by atoms with van der Waals surface area (Å²) < 4.78 is 4.80. The standard InChI is InChI=1S/C14H12O8/c1-4-7(15)22-11-6(3)5(2)8(12(16)17)9(13(18)19)10(11)14(20)21/h4H,1H2,2-3H3,(H,16,17)(H,18,19)(H,20,21). The summed E-state index contributed by atoms with van der Waals surface area (Å²) >= 11 is 0. The van der Waals surface area contributed by atoms with E-state index in [2.05, 4.69) is 6.58 Å². The number of rotatable bonds is 5. The molecule has 0 amide bonds. The lowest BCUT2D eigenvalue weighted by Gasteiger charge is -2.17. The normalized spacial score (nSPS) is 9.91. The molecule has 1 rings (SSSR count). The number of esters is 1. The van der Waals surface area contributed by atoms with E-state index in [4.69, 9.17) is 9.84 Å². The van der Waals surface area contributed by atoms with Gasteiger partial charge in [0.15, 0.2) is 0 Å². The lowest BCUT2D eigenvalue weighted by atomic mass is 9.91. The van der Waals surface area contributed by atoms with Crippen LogP contribution in [-0.2, 0) is 4.79 Å². The molecular weight excluding hydrogens is 296 g/mol. The molecule has 0 bridgehead atoms. The Bertz CT molecular complexity index is 714. The van der Waals surface area contributed by atoms with Crippen molar-refractivity contribution in [1.29, 1.82) is 0 Å². The van der Waals surface area contributed by atoms with Gasteiger partial charge < -0.3 is 20.1 Å². The third kappa shape index (κ3) is 2.80. The van der Waals surface area contributed by atoms with E-state index in [1.54, 1.807) is 0 Å². The van der Waals surface area contributed by atoms with E-state index in [9.17, 15) is 29.4 Å². The van der Waals surface area contributed by atoms with Crippen LogP contribution in [0.3, 0.4) is 0 Å². The van der Waals surface area contributed by atoms with Crippen molar-refractivity contribution in [2.75, 3.05) is 0 Å². The summed E-state index contributed by atoms with van der Waals surface area (Å²) in [6.07, 6.45) is 0.770. The second kappa shape index (κ2) is 6.08. The van der Waals surface area contributed by atoms with Crippen molar-refractivity contribution >= 4 is 23.9 Å². The fourth-order valence-electron chi connectivity index (χ4n) is 1.93. The lowest BCUT2D eigenvalue weighted by molar-refractivity contribution is -0.129. The highest BCUT2D eigenvalue weighted by Gasteiger charge is 2.32. The van der Waals surface area contributed by atoms with Crippen molar-refractivity contribution in [1.82, 2.24) is 0 Å². The van der Waals surface area contributed by atoms with Crippen LogP contribution in [-0.4, -0.2) is 39.2 Å². The molecule has 22 heavy (non-hydrogen) atoms. The Hall–Kier alpha value is -3.16. The SMILES string of the molecule is C=CC(=O)Oc1c(C)c(C)c(C(=O)O)c(C(=O)O)c1C(=O)O. The first-order valence-electron chi connectivity index (χ1n) is 5.84. The third-order valence-electron chi connectivity index (χ3n) is 3.02. The summed E-state index contributed by atoms with van der Waals surface area (Å²) in [5.74, 6) is -6.59. The molecule has 8 nitrogen and oxygen atoms in total. The van der Waals surface area contributed by atoms with Gasteiger partial charge in [-0.15, -0.1) is 0 Å². The van der Waals surface area contributed by atoms with E-state index in [0.29, 0.717) is 0 Å². The first-order chi connectivity index (χ1) is 10.1. The fourth-order valence-corrected chi connectivity index (χ4v) is 1.93. The minimum atomic E-state index is -1.76. The van der Waals surface area contributed by atoms with Crippen molar-refractivity contribution in [2.45, 2.75) is 13.8 Å². The molecular formula is C14H12O8. The largest absolute Gasteiger partial charge is 0.478 e. The number of ether oxygens (including phenoxy) is 1. The predicted octanol–water partition coefficient (Wildman–Crippen LogP) is 1.49. The monoisotopic (exact) mass is 308 g/mol. The van der Waals surface area contributed by atoms with Crippen LogP contribution < -0.4 is 4.74 Å². The molecule has 0 heterocycles. The highest BCUT2D eigenvalue weighted by molar-refractivity contribution is 6.12. The molecule has 3 N–H and O–H groups in total. The molecule has 0 spiro atoms. The Morgan fingerprint density at radius 1 is 0.864 bits per heavy atom. The van der Waals surface area contributed by atoms with Crippen LogP contribution in [0.25, 0.3) is 0 Å². The predicted molar refractivity (Wildman–Crippen MR) is 72.6 cm³/mol. The van der Waals surface area contributed by atoms with Gasteiger partial charge in [-0.1, -0.05) is 6.58 Å². The Kier molecular flexibility index (Phi) is 4.67. The average molecular weight is 308 g/mol. The average Bonchev–Trinajstić information content (AvgIpc) is 2.41. The molecule has 0 saturated heterocycles. The van der Waals surface area contributed by atoms with Crippen LogP contribution in [0.1, 0.15) is 42.2 Å². The van der Waals surface area contributed by atoms with Crippen molar-refractivity contribution in [2.24, 2.45) is 0 Å². The van der Waals surface area contributed by atoms with Crippen LogP contribution in [0.2, 0.25) is 0 Å². The summed E-state index contributed by atoms with van der Waals surface area (Å²) in [5.41, 5.74) is -2.49. The van der Waals surface area contributed by atoms with E-state index >= 15 is 0 Å². The van der Waals surface area contributed by atoms with Crippen LogP contribution in [0.5, 0.6) is 5.75 Å². The number of hydrogen-bond acceptors (Lipinski definition) is 5. The Balaban J connectivity index is 3.97. The number of benzene rings is 1. The third-order valence-corrected chi connectivity index (χ3v) is 3.02. The fraction of sp³-hybridized carbons (Fsp3) is 0.143. The maximum absolute atomic E-state index is 11.4. The van der Waals surface area contributed by atoms with Crippen LogP contribution in [0.15, 0.2) is 12.7 Å². The number of hydrogen-bond donors (Lipinski definition) is 3. The molecule has 0 aliphatic rings. The zero-order valence-electron chi connectivity index (χ0n) is 11.7. The van der Waals surface area contributed by atoms with E-state index in [1.165, 1.54) is 13.8 Å². The Morgan fingerprint density at radius 2 is 1.32 bits per heavy atom. The summed E-state index contributed by atoms with van der Waals surface area (Å²) in [6, 6.07) is 0. The van der Waals surface area contributed by atoms with Gasteiger partial charge in [0.1, 0.15) is 11.3 Å². The summed E-state index contributed by atoms with van der Waals surface area (Å²) in [5, 5.41) is 27.6. The highest BCUT2D eigenvalue weighted by atomic mass is 16.5. The van der Waals surface area contributed by atoms with Gasteiger partial charge in [-0.05, 0) is 25.0 Å². The minimum Gasteiger partial charge on any atom is -0.478 e. The minimum absolute atomic E-state index is 0.0123. The van der Waals surface area contributed by atoms with Gasteiger partial charge >= 0.3 is 23.9 Å². The molecule has 1 aromatic carbocycles. The topological polar surface area (TPSA) is 138 Å². The quantitative estimate of drug-likeness (QED) is 0.422. The molecule has 0 atom stereocenters. The molecule has 116 valence electrons. The number of aromatic carboxylic acids is 3. The second-order valence-corrected chi connectivity index (χ2v) is 4.24. The highest BCUT2D eigenvalue weighted by Crippen LogP contribution is 2.34. The lowest BCUT2D eigenvalue weighted by Crippen LogP contribution is -2.20. The maximum Gasteiger partial charge on any atom is 0.340 e. The van der Waals surface area contributed by atoms with Crippen molar-refractivity contribution in [3.05, 3.63) is 40.5 Å². The van der Waals surface area contributed by atoms with Crippen LogP contribution in [0, 0.1) is 13.8 Å². The number of carboxylic acids is 3. The van der Waals surface area contributed by atoms with Gasteiger partial charge in [-0.3, -0.25) is 0 Å². The van der Waals surface area contributed by atoms with E-state index in [0.717, 1.165) is 6.08 Å². The second-order valence-electron chi connectivity index (χ2n) is 4.24. The molecule has 1 aromatic rings. The molecule has 0 aliphatic carbocycles. The first-order valence-corrected chi connectivity index (χ1v) is 5.84. The molecule has 0 saturated carbocycles. The van der Waals surface area contributed by atoms with Crippen molar-refractivity contribution < 1.29 is 39.2 Å². The van der Waals surface area contributed by atoms with Gasteiger partial charge in [0.2, 0.25) is 0 Å². The number of carbonyl (C=O) groups is 4.